The zero-order valence-electron chi connectivity index (χ0n) is 23.1. The number of allylic oxidation sites excluding steroid dienone is 2. The lowest BCUT2D eigenvalue weighted by atomic mass is 9.72. The lowest BCUT2D eigenvalue weighted by molar-refractivity contribution is 0.507. The highest BCUT2D eigenvalue weighted by molar-refractivity contribution is 6.08. The highest BCUT2D eigenvalue weighted by Crippen LogP contribution is 2.54. The maximum atomic E-state index is 3.85. The fourth-order valence-electron chi connectivity index (χ4n) is 7.38. The number of rotatable bonds is 3. The molecule has 2 aliphatic carbocycles. The monoisotopic (exact) mass is 516 g/mol. The number of aromatic nitrogens is 1. The molecule has 2 aliphatic rings. The summed E-state index contributed by atoms with van der Waals surface area (Å²) < 4.78 is 0. The van der Waals surface area contributed by atoms with Crippen molar-refractivity contribution in [2.45, 2.75) is 32.2 Å². The maximum Gasteiger partial charge on any atom is 0.0511 e. The van der Waals surface area contributed by atoms with E-state index in [4.69, 9.17) is 0 Å². The number of hydrogen-bond donors (Lipinski definition) is 2. The summed E-state index contributed by atoms with van der Waals surface area (Å²) >= 11 is 0. The Morgan fingerprint density at radius 3 is 2.27 bits per heavy atom. The SMILES string of the molecule is CC1C2=C(C=CC1Nc1ccc(-c3ccc4[nH]c5ccccc5c4c3)cc1)c1c(ccc3ccccc13)C2(C)C. The summed E-state index contributed by atoms with van der Waals surface area (Å²) in [5.41, 5.74) is 11.8. The zero-order valence-corrected chi connectivity index (χ0v) is 23.1. The van der Waals surface area contributed by atoms with Crippen LogP contribution in [0, 0.1) is 5.92 Å². The third-order valence-corrected chi connectivity index (χ3v) is 9.36. The summed E-state index contributed by atoms with van der Waals surface area (Å²) in [5.74, 6) is 0.380. The van der Waals surface area contributed by atoms with Crippen molar-refractivity contribution >= 4 is 43.8 Å². The van der Waals surface area contributed by atoms with E-state index in [1.807, 2.05) is 0 Å². The van der Waals surface area contributed by atoms with Crippen molar-refractivity contribution in [3.63, 3.8) is 0 Å². The molecule has 2 nitrogen and oxygen atoms in total. The van der Waals surface area contributed by atoms with Gasteiger partial charge >= 0.3 is 0 Å². The third kappa shape index (κ3) is 3.35. The number of hydrogen-bond acceptors (Lipinski definition) is 1. The molecule has 0 fully saturated rings. The van der Waals surface area contributed by atoms with Crippen molar-refractivity contribution in [2.75, 3.05) is 5.32 Å². The number of para-hydroxylation sites is 1. The van der Waals surface area contributed by atoms with Crippen LogP contribution >= 0.6 is 0 Å². The van der Waals surface area contributed by atoms with Gasteiger partial charge in [-0.15, -0.1) is 0 Å². The largest absolute Gasteiger partial charge is 0.378 e. The molecule has 0 saturated carbocycles. The minimum absolute atomic E-state index is 0.00368. The van der Waals surface area contributed by atoms with Gasteiger partial charge in [0.25, 0.3) is 0 Å². The molecular weight excluding hydrogens is 484 g/mol. The Balaban J connectivity index is 1.08. The molecule has 6 aromatic rings. The summed E-state index contributed by atoms with van der Waals surface area (Å²) in [4.78, 5) is 3.53. The molecular formula is C38H32N2. The highest BCUT2D eigenvalue weighted by atomic mass is 14.9. The molecule has 0 aliphatic heterocycles. The molecule has 194 valence electrons. The number of nitrogens with one attached hydrogen (secondary N) is 2. The minimum Gasteiger partial charge on any atom is -0.378 e. The molecule has 5 aromatic carbocycles. The van der Waals surface area contributed by atoms with Gasteiger partial charge in [0, 0.05) is 38.8 Å². The van der Waals surface area contributed by atoms with Gasteiger partial charge in [-0.05, 0) is 74.5 Å². The average molecular weight is 517 g/mol. The molecule has 8 rings (SSSR count). The van der Waals surface area contributed by atoms with Gasteiger partial charge in [-0.2, -0.15) is 0 Å². The van der Waals surface area contributed by atoms with Gasteiger partial charge in [-0.3, -0.25) is 0 Å². The van der Waals surface area contributed by atoms with E-state index >= 15 is 0 Å². The standard InChI is InChI=1S/C38H32N2/c1-23-33(21-18-30-36-28-9-5-4-8-25(28)14-19-32(36)38(2,3)37(23)30)39-27-16-12-24(13-17-27)26-15-20-35-31(22-26)29-10-6-7-11-34(29)40-35/h4-23,33,39-40H,1-3H3. The van der Waals surface area contributed by atoms with E-state index in [1.165, 1.54) is 60.4 Å². The lowest BCUT2D eigenvalue weighted by Gasteiger charge is -2.35. The molecule has 0 saturated heterocycles. The van der Waals surface area contributed by atoms with Gasteiger partial charge in [0.1, 0.15) is 0 Å². The van der Waals surface area contributed by atoms with Crippen molar-refractivity contribution in [1.82, 2.24) is 4.98 Å². The van der Waals surface area contributed by atoms with Gasteiger partial charge in [-0.25, -0.2) is 0 Å². The molecule has 2 atom stereocenters. The predicted octanol–water partition coefficient (Wildman–Crippen LogP) is 9.87. The molecule has 40 heavy (non-hydrogen) atoms. The number of H-pyrrole nitrogens is 1. The molecule has 0 bridgehead atoms. The van der Waals surface area contributed by atoms with E-state index in [9.17, 15) is 0 Å². The van der Waals surface area contributed by atoms with Gasteiger partial charge in [-0.1, -0.05) is 106 Å². The maximum absolute atomic E-state index is 3.85. The van der Waals surface area contributed by atoms with E-state index in [1.54, 1.807) is 5.57 Å². The second-order valence-corrected chi connectivity index (χ2v) is 12.0. The molecule has 2 heteroatoms. The van der Waals surface area contributed by atoms with Crippen LogP contribution in [0.2, 0.25) is 0 Å². The first-order valence-corrected chi connectivity index (χ1v) is 14.3. The van der Waals surface area contributed by atoms with Gasteiger partial charge in [0.05, 0.1) is 6.04 Å². The van der Waals surface area contributed by atoms with Crippen molar-refractivity contribution in [3.8, 4) is 11.1 Å². The molecule has 0 amide bonds. The molecule has 0 radical (unpaired) electrons. The second-order valence-electron chi connectivity index (χ2n) is 12.0. The number of fused-ring (bicyclic) bond motifs is 7. The third-order valence-electron chi connectivity index (χ3n) is 9.36. The Kier molecular flexibility index (Phi) is 4.94. The minimum atomic E-state index is 0.00368. The molecule has 1 aromatic heterocycles. The van der Waals surface area contributed by atoms with Crippen LogP contribution in [-0.4, -0.2) is 11.0 Å². The molecule has 1 heterocycles. The Morgan fingerprint density at radius 1 is 0.700 bits per heavy atom. The first-order chi connectivity index (χ1) is 19.5. The molecule has 0 spiro atoms. The Labute approximate surface area is 235 Å². The summed E-state index contributed by atoms with van der Waals surface area (Å²) in [6.07, 6.45) is 4.74. The first-order valence-electron chi connectivity index (χ1n) is 14.3. The molecule has 2 unspecified atom stereocenters. The zero-order chi connectivity index (χ0) is 27.0. The highest BCUT2D eigenvalue weighted by Gasteiger charge is 2.43. The van der Waals surface area contributed by atoms with Crippen molar-refractivity contribution in [2.24, 2.45) is 5.92 Å². The van der Waals surface area contributed by atoms with E-state index in [2.05, 4.69) is 146 Å². The van der Waals surface area contributed by atoms with Crippen LogP contribution in [0.25, 0.3) is 49.3 Å². The van der Waals surface area contributed by atoms with Crippen molar-refractivity contribution < 1.29 is 0 Å². The van der Waals surface area contributed by atoms with E-state index < -0.39 is 0 Å². The quantitative estimate of drug-likeness (QED) is 0.241. The van der Waals surface area contributed by atoms with Crippen LogP contribution in [0.1, 0.15) is 31.9 Å². The summed E-state index contributed by atoms with van der Waals surface area (Å²) in [7, 11) is 0. The lowest BCUT2D eigenvalue weighted by Crippen LogP contribution is -2.34. The van der Waals surface area contributed by atoms with Crippen molar-refractivity contribution in [1.29, 1.82) is 0 Å². The number of aromatic amines is 1. The fraction of sp³-hybridized carbons (Fsp3) is 0.158. The van der Waals surface area contributed by atoms with E-state index in [0.29, 0.717) is 5.92 Å². The fourth-order valence-corrected chi connectivity index (χ4v) is 7.38. The topological polar surface area (TPSA) is 27.8 Å². The average Bonchev–Trinajstić information content (AvgIpc) is 3.47. The number of anilines is 1. The Morgan fingerprint density at radius 2 is 1.43 bits per heavy atom. The van der Waals surface area contributed by atoms with Crippen LogP contribution in [0.3, 0.4) is 0 Å². The van der Waals surface area contributed by atoms with Gasteiger partial charge < -0.3 is 10.3 Å². The smallest absolute Gasteiger partial charge is 0.0511 e. The first kappa shape index (κ1) is 23.3. The normalized spacial score (nSPS) is 19.4. The van der Waals surface area contributed by atoms with Crippen LogP contribution in [0.15, 0.2) is 121 Å². The van der Waals surface area contributed by atoms with Crippen LogP contribution in [0.4, 0.5) is 5.69 Å². The number of benzene rings is 5. The van der Waals surface area contributed by atoms with Gasteiger partial charge in [0.2, 0.25) is 0 Å². The summed E-state index contributed by atoms with van der Waals surface area (Å²) in [5, 5.41) is 9.07. The Hall–Kier alpha value is -4.56. The van der Waals surface area contributed by atoms with Crippen molar-refractivity contribution in [3.05, 3.63) is 132 Å². The Bertz CT molecular complexity index is 2020. The predicted molar refractivity (Wildman–Crippen MR) is 171 cm³/mol. The second kappa shape index (κ2) is 8.47. The summed E-state index contributed by atoms with van der Waals surface area (Å²) in [6.45, 7) is 7.18. The summed E-state index contributed by atoms with van der Waals surface area (Å²) in [6, 6.07) is 37.8. The van der Waals surface area contributed by atoms with Crippen LogP contribution in [0.5, 0.6) is 0 Å². The van der Waals surface area contributed by atoms with Gasteiger partial charge in [0.15, 0.2) is 0 Å². The van der Waals surface area contributed by atoms with E-state index in [-0.39, 0.29) is 11.5 Å². The van der Waals surface area contributed by atoms with Crippen LogP contribution < -0.4 is 5.32 Å². The van der Waals surface area contributed by atoms with E-state index in [0.717, 1.165) is 5.69 Å². The van der Waals surface area contributed by atoms with Crippen LogP contribution in [-0.2, 0) is 5.41 Å². The molecule has 2 N–H and O–H groups in total.